The minimum absolute atomic E-state index is 0.0245. The lowest BCUT2D eigenvalue weighted by Crippen LogP contribution is -2.44. The number of carboxylic acid groups (broad SMARTS) is 1. The van der Waals surface area contributed by atoms with Gasteiger partial charge >= 0.3 is 11.9 Å². The maximum absolute atomic E-state index is 11.5. The summed E-state index contributed by atoms with van der Waals surface area (Å²) in [5.74, 6) is -2.54. The first kappa shape index (κ1) is 16.2. The van der Waals surface area contributed by atoms with Crippen LogP contribution in [0.25, 0.3) is 0 Å². The largest absolute Gasteiger partial charge is 0.480 e. The summed E-state index contributed by atoms with van der Waals surface area (Å²) in [6, 6.07) is 7.23. The molecule has 0 unspecified atom stereocenters. The molecule has 0 aliphatic rings. The fourth-order valence-electron chi connectivity index (χ4n) is 1.61. The Hall–Kier alpha value is -2.88. The zero-order valence-electron chi connectivity index (χ0n) is 11.3. The van der Waals surface area contributed by atoms with Crippen LogP contribution in [0.2, 0.25) is 0 Å². The van der Waals surface area contributed by atoms with Gasteiger partial charge in [0.25, 0.3) is 5.91 Å². The van der Waals surface area contributed by atoms with E-state index in [4.69, 9.17) is 10.4 Å². The number of carbonyl (C=O) groups is 3. The number of benzene rings is 1. The highest BCUT2D eigenvalue weighted by Crippen LogP contribution is 2.07. The SMILES string of the molecule is CC(=O)OCC(=O)N[C@H](Cc1cccc(C#N)c1)C(=O)O. The van der Waals surface area contributed by atoms with E-state index in [9.17, 15) is 14.4 Å². The molecule has 0 saturated carbocycles. The summed E-state index contributed by atoms with van der Waals surface area (Å²) < 4.78 is 4.48. The van der Waals surface area contributed by atoms with Crippen LogP contribution in [0.5, 0.6) is 0 Å². The molecule has 0 aliphatic heterocycles. The number of nitriles is 1. The molecule has 1 rings (SSSR count). The monoisotopic (exact) mass is 290 g/mol. The minimum atomic E-state index is -1.21. The number of amides is 1. The van der Waals surface area contributed by atoms with Crippen LogP contribution < -0.4 is 5.32 Å². The Kier molecular flexibility index (Phi) is 5.89. The molecule has 7 nitrogen and oxygen atoms in total. The number of aliphatic carboxylic acids is 1. The lowest BCUT2D eigenvalue weighted by molar-refractivity contribution is -0.148. The zero-order chi connectivity index (χ0) is 15.8. The van der Waals surface area contributed by atoms with Crippen LogP contribution >= 0.6 is 0 Å². The van der Waals surface area contributed by atoms with E-state index in [1.165, 1.54) is 0 Å². The van der Waals surface area contributed by atoms with Crippen LogP contribution in [0.3, 0.4) is 0 Å². The number of hydrogen-bond acceptors (Lipinski definition) is 5. The van der Waals surface area contributed by atoms with Crippen LogP contribution in [0.1, 0.15) is 18.1 Å². The second kappa shape index (κ2) is 7.65. The van der Waals surface area contributed by atoms with E-state index in [2.05, 4.69) is 10.1 Å². The smallest absolute Gasteiger partial charge is 0.326 e. The topological polar surface area (TPSA) is 116 Å². The fourth-order valence-corrected chi connectivity index (χ4v) is 1.61. The molecular weight excluding hydrogens is 276 g/mol. The average molecular weight is 290 g/mol. The van der Waals surface area contributed by atoms with Crippen molar-refractivity contribution >= 4 is 17.8 Å². The molecule has 21 heavy (non-hydrogen) atoms. The van der Waals surface area contributed by atoms with Crippen LogP contribution in [0.4, 0.5) is 0 Å². The molecule has 2 N–H and O–H groups in total. The molecular formula is C14H14N2O5. The third-order valence-corrected chi connectivity index (χ3v) is 2.54. The molecule has 0 bridgehead atoms. The first-order valence-corrected chi connectivity index (χ1v) is 6.07. The molecule has 0 saturated heterocycles. The fraction of sp³-hybridized carbons (Fsp3) is 0.286. The number of carboxylic acids is 1. The Morgan fingerprint density at radius 1 is 1.43 bits per heavy atom. The van der Waals surface area contributed by atoms with Crippen molar-refractivity contribution < 1.29 is 24.2 Å². The molecule has 0 fully saturated rings. The number of rotatable bonds is 6. The zero-order valence-corrected chi connectivity index (χ0v) is 11.3. The Labute approximate surface area is 121 Å². The van der Waals surface area contributed by atoms with Crippen molar-refractivity contribution in [3.05, 3.63) is 35.4 Å². The maximum Gasteiger partial charge on any atom is 0.326 e. The van der Waals surface area contributed by atoms with Crippen molar-refractivity contribution in [1.82, 2.24) is 5.32 Å². The third kappa shape index (κ3) is 5.74. The molecule has 0 radical (unpaired) electrons. The average Bonchev–Trinajstić information content (AvgIpc) is 2.44. The molecule has 1 amide bonds. The van der Waals surface area contributed by atoms with Gasteiger partial charge in [0.2, 0.25) is 0 Å². The Morgan fingerprint density at radius 3 is 2.71 bits per heavy atom. The van der Waals surface area contributed by atoms with E-state index in [-0.39, 0.29) is 6.42 Å². The van der Waals surface area contributed by atoms with Crippen molar-refractivity contribution in [2.24, 2.45) is 0 Å². The highest BCUT2D eigenvalue weighted by Gasteiger charge is 2.20. The quantitative estimate of drug-likeness (QED) is 0.724. The Morgan fingerprint density at radius 2 is 2.14 bits per heavy atom. The number of carbonyl (C=O) groups excluding carboxylic acids is 2. The predicted molar refractivity (Wildman–Crippen MR) is 71.1 cm³/mol. The summed E-state index contributed by atoms with van der Waals surface area (Å²) in [6.07, 6.45) is 0.0245. The van der Waals surface area contributed by atoms with Crippen molar-refractivity contribution in [2.45, 2.75) is 19.4 Å². The van der Waals surface area contributed by atoms with Crippen LogP contribution in [-0.4, -0.2) is 35.6 Å². The van der Waals surface area contributed by atoms with E-state index in [0.717, 1.165) is 6.92 Å². The second-order valence-corrected chi connectivity index (χ2v) is 4.25. The van der Waals surface area contributed by atoms with Crippen LogP contribution in [0.15, 0.2) is 24.3 Å². The second-order valence-electron chi connectivity index (χ2n) is 4.25. The normalized spacial score (nSPS) is 11.0. The molecule has 1 atom stereocenters. The van der Waals surface area contributed by atoms with Crippen molar-refractivity contribution in [3.63, 3.8) is 0 Å². The minimum Gasteiger partial charge on any atom is -0.480 e. The van der Waals surface area contributed by atoms with Gasteiger partial charge in [-0.3, -0.25) is 9.59 Å². The van der Waals surface area contributed by atoms with Crippen LogP contribution in [-0.2, 0) is 25.5 Å². The summed E-state index contributed by atoms with van der Waals surface area (Å²) >= 11 is 0. The van der Waals surface area contributed by atoms with Gasteiger partial charge in [0.15, 0.2) is 6.61 Å². The summed E-state index contributed by atoms with van der Waals surface area (Å²) in [4.78, 5) is 33.2. The lowest BCUT2D eigenvalue weighted by atomic mass is 10.0. The molecule has 7 heteroatoms. The number of esters is 1. The lowest BCUT2D eigenvalue weighted by Gasteiger charge is -2.14. The first-order valence-electron chi connectivity index (χ1n) is 6.07. The van der Waals surface area contributed by atoms with Gasteiger partial charge < -0.3 is 15.2 Å². The van der Waals surface area contributed by atoms with E-state index in [1.807, 2.05) is 6.07 Å². The van der Waals surface area contributed by atoms with Crippen molar-refractivity contribution in [3.8, 4) is 6.07 Å². The molecule has 1 aromatic carbocycles. The van der Waals surface area contributed by atoms with Crippen LogP contribution in [0, 0.1) is 11.3 Å². The summed E-state index contributed by atoms with van der Waals surface area (Å²) in [5, 5.41) is 20.1. The van der Waals surface area contributed by atoms with Gasteiger partial charge in [0.1, 0.15) is 6.04 Å². The maximum atomic E-state index is 11.5. The van der Waals surface area contributed by atoms with E-state index >= 15 is 0 Å². The number of hydrogen-bond donors (Lipinski definition) is 2. The number of nitrogens with one attached hydrogen (secondary N) is 1. The summed E-state index contributed by atoms with van der Waals surface area (Å²) in [5.41, 5.74) is 1.01. The van der Waals surface area contributed by atoms with E-state index in [0.29, 0.717) is 11.1 Å². The van der Waals surface area contributed by atoms with E-state index in [1.54, 1.807) is 24.3 Å². The van der Waals surface area contributed by atoms with Gasteiger partial charge in [-0.25, -0.2) is 4.79 Å². The molecule has 0 heterocycles. The third-order valence-electron chi connectivity index (χ3n) is 2.54. The van der Waals surface area contributed by atoms with Gasteiger partial charge in [-0.15, -0.1) is 0 Å². The van der Waals surface area contributed by atoms with E-state index < -0.39 is 30.5 Å². The number of ether oxygens (including phenoxy) is 1. The van der Waals surface area contributed by atoms with Gasteiger partial charge in [-0.1, -0.05) is 12.1 Å². The first-order chi connectivity index (χ1) is 9.92. The van der Waals surface area contributed by atoms with Gasteiger partial charge in [0, 0.05) is 13.3 Å². The number of nitrogens with zero attached hydrogens (tertiary/aromatic N) is 1. The Balaban J connectivity index is 2.69. The van der Waals surface area contributed by atoms with Gasteiger partial charge in [-0.05, 0) is 17.7 Å². The molecule has 1 aromatic rings. The van der Waals surface area contributed by atoms with Gasteiger partial charge in [0.05, 0.1) is 11.6 Å². The molecule has 0 aliphatic carbocycles. The van der Waals surface area contributed by atoms with Crippen molar-refractivity contribution in [2.75, 3.05) is 6.61 Å². The standard InChI is InChI=1S/C14H14N2O5/c1-9(17)21-8-13(18)16-12(14(19)20)6-10-3-2-4-11(5-10)7-15/h2-5,12H,6,8H2,1H3,(H,16,18)(H,19,20)/t12-/m1/s1. The molecule has 110 valence electrons. The highest BCUT2D eigenvalue weighted by molar-refractivity contribution is 5.85. The highest BCUT2D eigenvalue weighted by atomic mass is 16.5. The molecule has 0 spiro atoms. The molecule has 0 aromatic heterocycles. The van der Waals surface area contributed by atoms with Gasteiger partial charge in [-0.2, -0.15) is 5.26 Å². The summed E-state index contributed by atoms with van der Waals surface area (Å²) in [7, 11) is 0. The van der Waals surface area contributed by atoms with Crippen molar-refractivity contribution in [1.29, 1.82) is 5.26 Å². The predicted octanol–water partition coefficient (Wildman–Crippen LogP) is 0.233. The summed E-state index contributed by atoms with van der Waals surface area (Å²) in [6.45, 7) is 0.618. The Bertz CT molecular complexity index is 591.